The summed E-state index contributed by atoms with van der Waals surface area (Å²) >= 11 is 0.992. The topological polar surface area (TPSA) is 63.3 Å². The predicted octanol–water partition coefficient (Wildman–Crippen LogP) is 2.85. The Labute approximate surface area is 119 Å². The molecule has 0 amide bonds. The number of hydrogen-bond donors (Lipinski definition) is 1. The van der Waals surface area contributed by atoms with Crippen LogP contribution < -0.4 is 0 Å². The Morgan fingerprint density at radius 1 is 1.19 bits per heavy atom. The maximum atomic E-state index is 13.9. The largest absolute Gasteiger partial charge is 0.503 e. The molecule has 1 aliphatic carbocycles. The van der Waals surface area contributed by atoms with Crippen LogP contribution in [0.1, 0.15) is 24.6 Å². The molecule has 1 fully saturated rings. The first-order valence-electron chi connectivity index (χ1n) is 6.15. The lowest BCUT2D eigenvalue weighted by molar-refractivity contribution is 0.377. The molecule has 0 atom stereocenters. The summed E-state index contributed by atoms with van der Waals surface area (Å²) in [7, 11) is 0. The van der Waals surface area contributed by atoms with Crippen LogP contribution in [0.3, 0.4) is 0 Å². The molecular formula is C12H7F3N4OS. The van der Waals surface area contributed by atoms with Gasteiger partial charge in [-0.2, -0.15) is 14.0 Å². The van der Waals surface area contributed by atoms with Crippen molar-refractivity contribution in [3.63, 3.8) is 0 Å². The van der Waals surface area contributed by atoms with E-state index in [2.05, 4.69) is 15.3 Å². The first-order chi connectivity index (χ1) is 10.1. The van der Waals surface area contributed by atoms with Crippen molar-refractivity contribution in [2.24, 2.45) is 0 Å². The molecule has 1 saturated carbocycles. The molecule has 21 heavy (non-hydrogen) atoms. The van der Waals surface area contributed by atoms with Gasteiger partial charge in [0.05, 0.1) is 5.56 Å². The summed E-state index contributed by atoms with van der Waals surface area (Å²) in [6.07, 6.45) is 1.99. The van der Waals surface area contributed by atoms with Crippen molar-refractivity contribution in [1.82, 2.24) is 19.8 Å². The summed E-state index contributed by atoms with van der Waals surface area (Å²) in [5.41, 5.74) is -0.302. The fourth-order valence-electron chi connectivity index (χ4n) is 2.08. The number of phenols is 1. The van der Waals surface area contributed by atoms with Crippen molar-refractivity contribution in [1.29, 1.82) is 0 Å². The molecule has 0 aliphatic heterocycles. The molecule has 1 N–H and O–H groups in total. The summed E-state index contributed by atoms with van der Waals surface area (Å²) in [6.45, 7) is 0. The summed E-state index contributed by atoms with van der Waals surface area (Å²) in [5, 5.41) is 21.5. The molecule has 1 aromatic carbocycles. The van der Waals surface area contributed by atoms with Gasteiger partial charge in [-0.3, -0.25) is 0 Å². The number of fused-ring (bicyclic) bond motifs is 1. The van der Waals surface area contributed by atoms with Gasteiger partial charge >= 0.3 is 0 Å². The van der Waals surface area contributed by atoms with Gasteiger partial charge in [0, 0.05) is 5.92 Å². The minimum Gasteiger partial charge on any atom is -0.503 e. The molecule has 5 nitrogen and oxygen atoms in total. The van der Waals surface area contributed by atoms with Gasteiger partial charge in [0.2, 0.25) is 10.8 Å². The highest BCUT2D eigenvalue weighted by molar-refractivity contribution is 7.19. The number of rotatable bonds is 2. The molecule has 0 bridgehead atoms. The first-order valence-corrected chi connectivity index (χ1v) is 6.97. The van der Waals surface area contributed by atoms with E-state index in [9.17, 15) is 18.3 Å². The van der Waals surface area contributed by atoms with Crippen LogP contribution in [0.25, 0.3) is 15.5 Å². The van der Waals surface area contributed by atoms with Crippen molar-refractivity contribution in [2.75, 3.05) is 0 Å². The normalized spacial score (nSPS) is 15.0. The Hall–Kier alpha value is -2.16. The van der Waals surface area contributed by atoms with E-state index in [0.29, 0.717) is 16.9 Å². The van der Waals surface area contributed by atoms with Gasteiger partial charge in [0.1, 0.15) is 0 Å². The van der Waals surface area contributed by atoms with Gasteiger partial charge in [-0.1, -0.05) is 11.3 Å². The summed E-state index contributed by atoms with van der Waals surface area (Å²) in [5.74, 6) is -4.57. The zero-order valence-electron chi connectivity index (χ0n) is 10.3. The van der Waals surface area contributed by atoms with E-state index in [1.165, 1.54) is 4.52 Å². The average molecular weight is 312 g/mol. The molecule has 0 saturated heterocycles. The van der Waals surface area contributed by atoms with Crippen LogP contribution in [-0.2, 0) is 0 Å². The van der Waals surface area contributed by atoms with E-state index >= 15 is 0 Å². The molecular weight excluding hydrogens is 305 g/mol. The van der Waals surface area contributed by atoms with E-state index in [0.717, 1.165) is 24.2 Å². The second-order valence-corrected chi connectivity index (χ2v) is 5.77. The number of phenolic OH excluding ortho intramolecular Hbond substituents is 1. The predicted molar refractivity (Wildman–Crippen MR) is 67.6 cm³/mol. The smallest absolute Gasteiger partial charge is 0.234 e. The highest BCUT2D eigenvalue weighted by Gasteiger charge is 2.30. The SMILES string of the molecule is Oc1c(F)c(F)cc(-c2nn3c(C4CC4)nnc3s2)c1F. The average Bonchev–Trinajstić information content (AvgIpc) is 3.09. The zero-order valence-corrected chi connectivity index (χ0v) is 11.2. The Morgan fingerprint density at radius 3 is 2.67 bits per heavy atom. The lowest BCUT2D eigenvalue weighted by Gasteiger charge is -2.03. The second kappa shape index (κ2) is 4.17. The fourth-order valence-corrected chi connectivity index (χ4v) is 2.94. The van der Waals surface area contributed by atoms with Crippen LogP contribution in [-0.4, -0.2) is 24.9 Å². The van der Waals surface area contributed by atoms with Gasteiger partial charge in [-0.25, -0.2) is 8.78 Å². The third-order valence-corrected chi connectivity index (χ3v) is 4.25. The van der Waals surface area contributed by atoms with E-state index in [-0.39, 0.29) is 16.5 Å². The number of benzene rings is 1. The van der Waals surface area contributed by atoms with Gasteiger partial charge in [0.15, 0.2) is 28.2 Å². The Morgan fingerprint density at radius 2 is 1.95 bits per heavy atom. The third kappa shape index (κ3) is 1.80. The van der Waals surface area contributed by atoms with Crippen LogP contribution >= 0.6 is 11.3 Å². The minimum absolute atomic E-state index is 0.105. The molecule has 0 unspecified atom stereocenters. The number of aromatic hydroxyl groups is 1. The van der Waals surface area contributed by atoms with Crippen LogP contribution in [0, 0.1) is 17.5 Å². The van der Waals surface area contributed by atoms with E-state index in [1.54, 1.807) is 0 Å². The van der Waals surface area contributed by atoms with Gasteiger partial charge in [-0.05, 0) is 18.9 Å². The van der Waals surface area contributed by atoms with Gasteiger partial charge in [0.25, 0.3) is 0 Å². The maximum Gasteiger partial charge on any atom is 0.234 e. The Bertz CT molecular complexity index is 871. The molecule has 0 radical (unpaired) electrons. The zero-order chi connectivity index (χ0) is 14.7. The maximum absolute atomic E-state index is 13.9. The first kappa shape index (κ1) is 12.6. The summed E-state index contributed by atoms with van der Waals surface area (Å²) < 4.78 is 41.8. The van der Waals surface area contributed by atoms with Crippen molar-refractivity contribution in [3.8, 4) is 16.3 Å². The lowest BCUT2D eigenvalue weighted by atomic mass is 10.2. The molecule has 9 heteroatoms. The highest BCUT2D eigenvalue weighted by Crippen LogP contribution is 2.40. The third-order valence-electron chi connectivity index (χ3n) is 3.32. The summed E-state index contributed by atoms with van der Waals surface area (Å²) in [6, 6.07) is 0.673. The van der Waals surface area contributed by atoms with Crippen LogP contribution in [0.2, 0.25) is 0 Å². The van der Waals surface area contributed by atoms with Gasteiger partial charge < -0.3 is 5.11 Å². The van der Waals surface area contributed by atoms with Crippen molar-refractivity contribution in [3.05, 3.63) is 29.3 Å². The molecule has 4 rings (SSSR count). The molecule has 0 spiro atoms. The Kier molecular flexibility index (Phi) is 2.49. The molecule has 2 heterocycles. The van der Waals surface area contributed by atoms with E-state index < -0.39 is 23.2 Å². The minimum atomic E-state index is -1.61. The fraction of sp³-hybridized carbons (Fsp3) is 0.250. The van der Waals surface area contributed by atoms with Crippen molar-refractivity contribution >= 4 is 16.3 Å². The molecule has 2 aromatic heterocycles. The second-order valence-electron chi connectivity index (χ2n) is 4.82. The Balaban J connectivity index is 1.90. The summed E-state index contributed by atoms with van der Waals surface area (Å²) in [4.78, 5) is 0.440. The lowest BCUT2D eigenvalue weighted by Crippen LogP contribution is -1.96. The van der Waals surface area contributed by atoms with E-state index in [1.807, 2.05) is 0 Å². The van der Waals surface area contributed by atoms with Crippen LogP contribution in [0.4, 0.5) is 13.2 Å². The molecule has 108 valence electrons. The monoisotopic (exact) mass is 312 g/mol. The molecule has 3 aromatic rings. The van der Waals surface area contributed by atoms with Gasteiger partial charge in [-0.15, -0.1) is 10.2 Å². The van der Waals surface area contributed by atoms with Crippen molar-refractivity contribution in [2.45, 2.75) is 18.8 Å². The van der Waals surface area contributed by atoms with Crippen molar-refractivity contribution < 1.29 is 18.3 Å². The number of nitrogens with zero attached hydrogens (tertiary/aromatic N) is 4. The standard InChI is InChI=1S/C12H7F3N4OS/c13-6-3-5(7(14)9(20)8(6)15)11-18-19-10(4-1-2-4)16-17-12(19)21-11/h3-4,20H,1-2H2. The van der Waals surface area contributed by atoms with E-state index in [4.69, 9.17) is 0 Å². The number of aromatic nitrogens is 4. The molecule has 1 aliphatic rings. The number of hydrogen-bond acceptors (Lipinski definition) is 5. The number of halogens is 3. The highest BCUT2D eigenvalue weighted by atomic mass is 32.1. The quantitative estimate of drug-likeness (QED) is 0.739. The van der Waals surface area contributed by atoms with Crippen LogP contribution in [0.15, 0.2) is 6.07 Å². The van der Waals surface area contributed by atoms with Crippen LogP contribution in [0.5, 0.6) is 5.75 Å².